The average molecular weight is 325 g/mol. The zero-order valence-electron chi connectivity index (χ0n) is 13.5. The van der Waals surface area contributed by atoms with Crippen LogP contribution in [0, 0.1) is 0 Å². The molecule has 0 atom stereocenters. The van der Waals surface area contributed by atoms with Crippen molar-refractivity contribution in [2.24, 2.45) is 21.0 Å². The second-order valence-electron chi connectivity index (χ2n) is 4.58. The number of nitrogens with zero attached hydrogens (tertiary/aromatic N) is 3. The van der Waals surface area contributed by atoms with E-state index in [0.717, 1.165) is 11.1 Å². The number of hydrogen-bond acceptors (Lipinski definition) is 5. The zero-order valence-corrected chi connectivity index (χ0v) is 13.5. The summed E-state index contributed by atoms with van der Waals surface area (Å²) in [5.74, 6) is 1.48. The van der Waals surface area contributed by atoms with Gasteiger partial charge in [-0.3, -0.25) is 0 Å². The summed E-state index contributed by atoms with van der Waals surface area (Å²) in [6.07, 6.45) is 3.14. The molecule has 7 nitrogen and oxygen atoms in total. The molecular weight excluding hydrogens is 306 g/mol. The van der Waals surface area contributed by atoms with E-state index in [1.807, 2.05) is 48.5 Å². The maximum atomic E-state index is 5.69. The van der Waals surface area contributed by atoms with Crippen LogP contribution < -0.4 is 20.6 Å². The standard InChI is InChI=1S/C17H19N5O2/c1-23-15-9-5-3-7-13(15)11-19-21-17(18)22-20-12-14-8-4-6-10-16(14)24-2/h3-12H,1-2H3,(H3,18,21,22)/b19-11-,20-12+. The zero-order chi connectivity index (χ0) is 17.2. The van der Waals surface area contributed by atoms with E-state index in [9.17, 15) is 0 Å². The van der Waals surface area contributed by atoms with Gasteiger partial charge in [0.05, 0.1) is 26.6 Å². The number of nitrogens with one attached hydrogen (secondary N) is 1. The Morgan fingerprint density at radius 1 is 0.917 bits per heavy atom. The summed E-state index contributed by atoms with van der Waals surface area (Å²) in [5, 5.41) is 11.7. The number of methoxy groups -OCH3 is 2. The molecule has 0 aliphatic carbocycles. The van der Waals surface area contributed by atoms with Gasteiger partial charge < -0.3 is 15.2 Å². The molecule has 124 valence electrons. The van der Waals surface area contributed by atoms with E-state index in [0.29, 0.717) is 11.5 Å². The Hall–Kier alpha value is -3.35. The molecule has 0 bridgehead atoms. The number of para-hydroxylation sites is 2. The van der Waals surface area contributed by atoms with Crippen molar-refractivity contribution in [3.8, 4) is 11.5 Å². The van der Waals surface area contributed by atoms with E-state index in [-0.39, 0.29) is 5.96 Å². The second-order valence-corrected chi connectivity index (χ2v) is 4.58. The van der Waals surface area contributed by atoms with Crippen molar-refractivity contribution >= 4 is 18.4 Å². The molecule has 0 amide bonds. The number of hydrazone groups is 1. The Kier molecular flexibility index (Phi) is 6.34. The first-order chi connectivity index (χ1) is 11.7. The molecule has 0 spiro atoms. The lowest BCUT2D eigenvalue weighted by molar-refractivity contribution is 0.414. The summed E-state index contributed by atoms with van der Waals surface area (Å²) in [7, 11) is 3.20. The minimum atomic E-state index is 0.0623. The molecule has 24 heavy (non-hydrogen) atoms. The van der Waals surface area contributed by atoms with Crippen LogP contribution >= 0.6 is 0 Å². The molecular formula is C17H19N5O2. The molecule has 0 aromatic heterocycles. The topological polar surface area (TPSA) is 93.6 Å². The van der Waals surface area contributed by atoms with Gasteiger partial charge >= 0.3 is 0 Å². The van der Waals surface area contributed by atoms with E-state index in [1.165, 1.54) is 0 Å². The molecule has 2 aromatic carbocycles. The summed E-state index contributed by atoms with van der Waals surface area (Å²) in [5.41, 5.74) is 9.90. The van der Waals surface area contributed by atoms with E-state index >= 15 is 0 Å². The number of guanidine groups is 1. The minimum absolute atomic E-state index is 0.0623. The summed E-state index contributed by atoms with van der Waals surface area (Å²) in [6, 6.07) is 14.9. The van der Waals surface area contributed by atoms with Gasteiger partial charge in [-0.25, -0.2) is 5.43 Å². The van der Waals surface area contributed by atoms with Gasteiger partial charge in [0.2, 0.25) is 5.96 Å². The molecule has 3 N–H and O–H groups in total. The highest BCUT2D eigenvalue weighted by atomic mass is 16.5. The molecule has 7 heteroatoms. The Bertz CT molecular complexity index is 756. The molecule has 0 saturated carbocycles. The normalized spacial score (nSPS) is 11.8. The van der Waals surface area contributed by atoms with Crippen LogP contribution in [0.4, 0.5) is 0 Å². The third-order valence-corrected chi connectivity index (χ3v) is 3.02. The highest BCUT2D eigenvalue weighted by Crippen LogP contribution is 2.15. The minimum Gasteiger partial charge on any atom is -0.496 e. The molecule has 0 aliphatic rings. The number of rotatable bonds is 6. The van der Waals surface area contributed by atoms with Crippen molar-refractivity contribution in [2.45, 2.75) is 0 Å². The van der Waals surface area contributed by atoms with Crippen molar-refractivity contribution in [3.05, 3.63) is 59.7 Å². The molecule has 0 radical (unpaired) electrons. The lowest BCUT2D eigenvalue weighted by atomic mass is 10.2. The fourth-order valence-electron chi connectivity index (χ4n) is 1.89. The SMILES string of the molecule is COc1ccccc1/C=N\N=C(N)N/N=C/c1ccccc1OC. The van der Waals surface area contributed by atoms with Crippen LogP contribution in [-0.4, -0.2) is 32.6 Å². The maximum absolute atomic E-state index is 5.69. The summed E-state index contributed by atoms with van der Waals surface area (Å²) >= 11 is 0. The smallest absolute Gasteiger partial charge is 0.234 e. The molecule has 2 rings (SSSR count). The average Bonchev–Trinajstić information content (AvgIpc) is 2.62. The lowest BCUT2D eigenvalue weighted by Crippen LogP contribution is -2.26. The number of ether oxygens (including phenoxy) is 2. The Morgan fingerprint density at radius 2 is 1.46 bits per heavy atom. The largest absolute Gasteiger partial charge is 0.496 e. The highest BCUT2D eigenvalue weighted by molar-refractivity contribution is 5.86. The molecule has 0 fully saturated rings. The van der Waals surface area contributed by atoms with E-state index in [4.69, 9.17) is 15.2 Å². The summed E-state index contributed by atoms with van der Waals surface area (Å²) in [6.45, 7) is 0. The third-order valence-electron chi connectivity index (χ3n) is 3.02. The maximum Gasteiger partial charge on any atom is 0.234 e. The highest BCUT2D eigenvalue weighted by Gasteiger charge is 1.98. The number of benzene rings is 2. The van der Waals surface area contributed by atoms with Gasteiger partial charge in [-0.15, -0.1) is 5.10 Å². The van der Waals surface area contributed by atoms with Gasteiger partial charge in [0.25, 0.3) is 0 Å². The fourth-order valence-corrected chi connectivity index (χ4v) is 1.89. The van der Waals surface area contributed by atoms with Gasteiger partial charge in [-0.1, -0.05) is 24.3 Å². The summed E-state index contributed by atoms with van der Waals surface area (Å²) < 4.78 is 10.4. The van der Waals surface area contributed by atoms with Gasteiger partial charge in [0, 0.05) is 11.1 Å². The molecule has 0 unspecified atom stereocenters. The van der Waals surface area contributed by atoms with Crippen LogP contribution in [0.1, 0.15) is 11.1 Å². The number of hydrogen-bond donors (Lipinski definition) is 2. The summed E-state index contributed by atoms with van der Waals surface area (Å²) in [4.78, 5) is 0. The van der Waals surface area contributed by atoms with Crippen LogP contribution in [0.25, 0.3) is 0 Å². The van der Waals surface area contributed by atoms with Crippen molar-refractivity contribution in [1.82, 2.24) is 5.43 Å². The van der Waals surface area contributed by atoms with Crippen LogP contribution in [0.2, 0.25) is 0 Å². The first kappa shape index (κ1) is 17.0. The van der Waals surface area contributed by atoms with E-state index < -0.39 is 0 Å². The van der Waals surface area contributed by atoms with Crippen molar-refractivity contribution in [1.29, 1.82) is 0 Å². The van der Waals surface area contributed by atoms with Gasteiger partial charge in [0.1, 0.15) is 11.5 Å². The third kappa shape index (κ3) is 4.84. The Labute approximate surface area is 140 Å². The van der Waals surface area contributed by atoms with Gasteiger partial charge in [-0.2, -0.15) is 10.2 Å². The van der Waals surface area contributed by atoms with Gasteiger partial charge in [-0.05, 0) is 24.3 Å². The Morgan fingerprint density at radius 3 is 2.04 bits per heavy atom. The van der Waals surface area contributed by atoms with E-state index in [2.05, 4.69) is 20.7 Å². The quantitative estimate of drug-likeness (QED) is 0.482. The van der Waals surface area contributed by atoms with Crippen molar-refractivity contribution in [3.63, 3.8) is 0 Å². The second kappa shape index (κ2) is 8.94. The van der Waals surface area contributed by atoms with E-state index in [1.54, 1.807) is 26.6 Å². The monoisotopic (exact) mass is 325 g/mol. The molecule has 0 heterocycles. The van der Waals surface area contributed by atoms with Crippen LogP contribution in [-0.2, 0) is 0 Å². The fraction of sp³-hybridized carbons (Fsp3) is 0.118. The van der Waals surface area contributed by atoms with Crippen LogP contribution in [0.3, 0.4) is 0 Å². The first-order valence-electron chi connectivity index (χ1n) is 7.16. The molecule has 0 saturated heterocycles. The number of nitrogens with two attached hydrogens (primary N) is 1. The predicted molar refractivity (Wildman–Crippen MR) is 95.9 cm³/mol. The van der Waals surface area contributed by atoms with Crippen LogP contribution in [0.5, 0.6) is 11.5 Å². The van der Waals surface area contributed by atoms with Crippen molar-refractivity contribution in [2.75, 3.05) is 14.2 Å². The molecule has 0 aliphatic heterocycles. The first-order valence-corrected chi connectivity index (χ1v) is 7.16. The molecule has 2 aromatic rings. The van der Waals surface area contributed by atoms with Gasteiger partial charge in [0.15, 0.2) is 0 Å². The Balaban J connectivity index is 1.97. The lowest BCUT2D eigenvalue weighted by Gasteiger charge is -2.03. The van der Waals surface area contributed by atoms with Crippen molar-refractivity contribution < 1.29 is 9.47 Å². The van der Waals surface area contributed by atoms with Crippen LogP contribution in [0.15, 0.2) is 63.8 Å². The predicted octanol–water partition coefficient (Wildman–Crippen LogP) is 1.98.